The van der Waals surface area contributed by atoms with E-state index in [1.165, 1.54) is 12.5 Å². The third-order valence-electron chi connectivity index (χ3n) is 3.57. The highest BCUT2D eigenvalue weighted by Crippen LogP contribution is 2.19. The van der Waals surface area contributed by atoms with Crippen molar-refractivity contribution in [2.45, 2.75) is 40.7 Å². The third-order valence-corrected chi connectivity index (χ3v) is 3.57. The number of hydrogen-bond acceptors (Lipinski definition) is 3. The number of hydrogen-bond donors (Lipinski definition) is 1. The van der Waals surface area contributed by atoms with Gasteiger partial charge in [0.1, 0.15) is 0 Å². The SMILES string of the molecule is CC(=O)C(NC(=O)CN(C)c1ccc(C)cc1C)C(C)C. The van der Waals surface area contributed by atoms with E-state index >= 15 is 0 Å². The molecular weight excluding hydrogens is 264 g/mol. The van der Waals surface area contributed by atoms with Gasteiger partial charge in [-0.2, -0.15) is 0 Å². The number of aryl methyl sites for hydroxylation is 2. The first-order valence-corrected chi connectivity index (χ1v) is 7.30. The largest absolute Gasteiger partial charge is 0.365 e. The lowest BCUT2D eigenvalue weighted by Gasteiger charge is -2.24. The summed E-state index contributed by atoms with van der Waals surface area (Å²) in [4.78, 5) is 25.6. The van der Waals surface area contributed by atoms with Crippen LogP contribution in [0.1, 0.15) is 31.9 Å². The summed E-state index contributed by atoms with van der Waals surface area (Å²) < 4.78 is 0. The van der Waals surface area contributed by atoms with Crippen molar-refractivity contribution in [1.82, 2.24) is 5.32 Å². The van der Waals surface area contributed by atoms with Gasteiger partial charge in [-0.25, -0.2) is 0 Å². The van der Waals surface area contributed by atoms with E-state index in [1.807, 2.05) is 51.8 Å². The van der Waals surface area contributed by atoms with Gasteiger partial charge in [0, 0.05) is 12.7 Å². The van der Waals surface area contributed by atoms with Crippen molar-refractivity contribution >= 4 is 17.4 Å². The Kier molecular flexibility index (Phi) is 5.94. The number of carbonyl (C=O) groups excluding carboxylic acids is 2. The minimum absolute atomic E-state index is 0.00693. The molecule has 21 heavy (non-hydrogen) atoms. The smallest absolute Gasteiger partial charge is 0.240 e. The first-order valence-electron chi connectivity index (χ1n) is 7.30. The fraction of sp³-hybridized carbons (Fsp3) is 0.529. The Morgan fingerprint density at radius 2 is 1.86 bits per heavy atom. The van der Waals surface area contributed by atoms with Crippen molar-refractivity contribution < 1.29 is 9.59 Å². The number of carbonyl (C=O) groups is 2. The molecule has 1 unspecified atom stereocenters. The summed E-state index contributed by atoms with van der Waals surface area (Å²) in [6, 6.07) is 5.73. The van der Waals surface area contributed by atoms with E-state index < -0.39 is 6.04 Å². The van der Waals surface area contributed by atoms with Crippen molar-refractivity contribution in [2.24, 2.45) is 5.92 Å². The number of amides is 1. The molecule has 0 spiro atoms. The van der Waals surface area contributed by atoms with Crippen LogP contribution < -0.4 is 10.2 Å². The predicted molar refractivity (Wildman–Crippen MR) is 86.6 cm³/mol. The van der Waals surface area contributed by atoms with Crippen LogP contribution in [0.5, 0.6) is 0 Å². The molecule has 1 aromatic rings. The van der Waals surface area contributed by atoms with E-state index in [0.717, 1.165) is 11.3 Å². The number of nitrogens with zero attached hydrogens (tertiary/aromatic N) is 1. The van der Waals surface area contributed by atoms with E-state index in [4.69, 9.17) is 0 Å². The molecule has 0 aliphatic carbocycles. The zero-order chi connectivity index (χ0) is 16.2. The van der Waals surface area contributed by atoms with Crippen LogP contribution in [0.15, 0.2) is 18.2 Å². The van der Waals surface area contributed by atoms with Crippen LogP contribution in [0.25, 0.3) is 0 Å². The Morgan fingerprint density at radius 1 is 1.24 bits per heavy atom. The van der Waals surface area contributed by atoms with Gasteiger partial charge in [0.15, 0.2) is 5.78 Å². The van der Waals surface area contributed by atoms with Gasteiger partial charge in [-0.05, 0) is 38.3 Å². The van der Waals surface area contributed by atoms with E-state index in [-0.39, 0.29) is 24.2 Å². The molecule has 1 atom stereocenters. The van der Waals surface area contributed by atoms with Gasteiger partial charge in [-0.1, -0.05) is 31.5 Å². The fourth-order valence-electron chi connectivity index (χ4n) is 2.49. The van der Waals surface area contributed by atoms with E-state index in [0.29, 0.717) is 0 Å². The van der Waals surface area contributed by atoms with Crippen molar-refractivity contribution in [3.05, 3.63) is 29.3 Å². The molecule has 4 nitrogen and oxygen atoms in total. The minimum atomic E-state index is -0.412. The molecule has 0 radical (unpaired) electrons. The first-order chi connectivity index (χ1) is 9.72. The molecule has 116 valence electrons. The van der Waals surface area contributed by atoms with Crippen molar-refractivity contribution in [3.63, 3.8) is 0 Å². The lowest BCUT2D eigenvalue weighted by Crippen LogP contribution is -2.47. The molecule has 0 aliphatic heterocycles. The highest BCUT2D eigenvalue weighted by molar-refractivity contribution is 5.89. The molecule has 0 heterocycles. The van der Waals surface area contributed by atoms with E-state index in [2.05, 4.69) is 11.4 Å². The lowest BCUT2D eigenvalue weighted by molar-refractivity contribution is -0.127. The quantitative estimate of drug-likeness (QED) is 0.875. The summed E-state index contributed by atoms with van der Waals surface area (Å²) in [6.07, 6.45) is 0. The van der Waals surface area contributed by atoms with E-state index in [9.17, 15) is 9.59 Å². The minimum Gasteiger partial charge on any atom is -0.365 e. The summed E-state index contributed by atoms with van der Waals surface area (Å²) >= 11 is 0. The molecule has 0 saturated carbocycles. The van der Waals surface area contributed by atoms with Crippen LogP contribution in [0.2, 0.25) is 0 Å². The summed E-state index contributed by atoms with van der Waals surface area (Å²) in [5.41, 5.74) is 3.36. The second kappa shape index (κ2) is 7.25. The van der Waals surface area contributed by atoms with Gasteiger partial charge in [0.05, 0.1) is 12.6 Å². The van der Waals surface area contributed by atoms with Gasteiger partial charge in [-0.15, -0.1) is 0 Å². The monoisotopic (exact) mass is 290 g/mol. The number of likely N-dealkylation sites (N-methyl/N-ethyl adjacent to an activating group) is 1. The van der Waals surface area contributed by atoms with Gasteiger partial charge in [0.2, 0.25) is 5.91 Å². The molecule has 1 aromatic carbocycles. The predicted octanol–water partition coefficient (Wildman–Crippen LogP) is 2.47. The molecule has 1 amide bonds. The number of anilines is 1. The summed E-state index contributed by atoms with van der Waals surface area (Å²) in [6.45, 7) is 9.69. The van der Waals surface area contributed by atoms with Crippen LogP contribution in [0.3, 0.4) is 0 Å². The maximum atomic E-state index is 12.1. The van der Waals surface area contributed by atoms with Gasteiger partial charge < -0.3 is 10.2 Å². The Bertz CT molecular complexity index is 524. The number of ketones is 1. The number of benzene rings is 1. The van der Waals surface area contributed by atoms with Crippen molar-refractivity contribution in [3.8, 4) is 0 Å². The maximum Gasteiger partial charge on any atom is 0.240 e. The average molecular weight is 290 g/mol. The fourth-order valence-corrected chi connectivity index (χ4v) is 2.49. The summed E-state index contributed by atoms with van der Waals surface area (Å²) in [5.74, 6) is -0.0447. The standard InChI is InChI=1S/C17H26N2O2/c1-11(2)17(14(5)20)18-16(21)10-19(6)15-8-7-12(3)9-13(15)4/h7-9,11,17H,10H2,1-6H3,(H,18,21). The van der Waals surface area contributed by atoms with Crippen LogP contribution in [-0.4, -0.2) is 31.3 Å². The van der Waals surface area contributed by atoms with Crippen molar-refractivity contribution in [1.29, 1.82) is 0 Å². The average Bonchev–Trinajstić information content (AvgIpc) is 2.34. The summed E-state index contributed by atoms with van der Waals surface area (Å²) in [7, 11) is 1.88. The van der Waals surface area contributed by atoms with Crippen LogP contribution in [-0.2, 0) is 9.59 Å². The molecule has 0 aliphatic rings. The summed E-state index contributed by atoms with van der Waals surface area (Å²) in [5, 5.41) is 2.82. The molecule has 1 N–H and O–H groups in total. The van der Waals surface area contributed by atoms with Gasteiger partial charge >= 0.3 is 0 Å². The molecule has 4 heteroatoms. The van der Waals surface area contributed by atoms with Crippen LogP contribution >= 0.6 is 0 Å². The van der Waals surface area contributed by atoms with Gasteiger partial charge in [-0.3, -0.25) is 9.59 Å². The number of Topliss-reactive ketones (excluding diaryl/α,β-unsaturated/α-hetero) is 1. The highest BCUT2D eigenvalue weighted by Gasteiger charge is 2.21. The Labute approximate surface area is 127 Å². The second-order valence-electron chi connectivity index (χ2n) is 6.05. The maximum absolute atomic E-state index is 12.1. The third kappa shape index (κ3) is 4.88. The van der Waals surface area contributed by atoms with Crippen LogP contribution in [0, 0.1) is 19.8 Å². The molecule has 0 fully saturated rings. The second-order valence-corrected chi connectivity index (χ2v) is 6.05. The Balaban J connectivity index is 2.71. The molecule has 1 rings (SSSR count). The zero-order valence-electron chi connectivity index (χ0n) is 13.9. The van der Waals surface area contributed by atoms with Crippen molar-refractivity contribution in [2.75, 3.05) is 18.5 Å². The molecular formula is C17H26N2O2. The first kappa shape index (κ1) is 17.2. The van der Waals surface area contributed by atoms with Gasteiger partial charge in [0.25, 0.3) is 0 Å². The lowest BCUT2D eigenvalue weighted by atomic mass is 10.0. The number of nitrogens with one attached hydrogen (secondary N) is 1. The molecule has 0 bridgehead atoms. The molecule has 0 aromatic heterocycles. The Hall–Kier alpha value is -1.84. The molecule has 0 saturated heterocycles. The Morgan fingerprint density at radius 3 is 2.33 bits per heavy atom. The van der Waals surface area contributed by atoms with E-state index in [1.54, 1.807) is 0 Å². The highest BCUT2D eigenvalue weighted by atomic mass is 16.2. The topological polar surface area (TPSA) is 49.4 Å². The zero-order valence-corrected chi connectivity index (χ0v) is 13.9. The van der Waals surface area contributed by atoms with Crippen LogP contribution in [0.4, 0.5) is 5.69 Å². The normalized spacial score (nSPS) is 12.1. The number of rotatable bonds is 6.